The van der Waals surface area contributed by atoms with Crippen molar-refractivity contribution in [2.45, 2.75) is 50.0 Å². The van der Waals surface area contributed by atoms with Crippen LogP contribution in [-0.4, -0.2) is 29.1 Å². The number of fused-ring (bicyclic) bond motifs is 2. The van der Waals surface area contributed by atoms with Crippen molar-refractivity contribution < 1.29 is 19.5 Å². The SMILES string of the molecule is CCC1([C@H]2NC(=O)C[C@@H](c3cccc(Cl)c3)[C@]23C(=O)N(C(=O)O)c2cc(Br)ccc23)CC1. The Hall–Kier alpha value is -2.38. The van der Waals surface area contributed by atoms with E-state index in [1.54, 1.807) is 24.3 Å². The topological polar surface area (TPSA) is 86.7 Å². The first kappa shape index (κ1) is 21.5. The molecule has 1 spiro atoms. The van der Waals surface area contributed by atoms with E-state index < -0.39 is 29.4 Å². The molecule has 0 unspecified atom stereocenters. The molecule has 2 aliphatic heterocycles. The summed E-state index contributed by atoms with van der Waals surface area (Å²) in [5, 5.41) is 13.7. The molecule has 5 rings (SSSR count). The predicted molar refractivity (Wildman–Crippen MR) is 124 cm³/mol. The summed E-state index contributed by atoms with van der Waals surface area (Å²) >= 11 is 9.72. The summed E-state index contributed by atoms with van der Waals surface area (Å²) in [5.41, 5.74) is 0.263. The highest BCUT2D eigenvalue weighted by Gasteiger charge is 2.70. The fourth-order valence-corrected chi connectivity index (χ4v) is 6.43. The predicted octanol–water partition coefficient (Wildman–Crippen LogP) is 5.23. The quantitative estimate of drug-likeness (QED) is 0.584. The molecule has 2 fully saturated rings. The number of nitrogens with one attached hydrogen (secondary N) is 1. The lowest BCUT2D eigenvalue weighted by Gasteiger charge is -2.49. The summed E-state index contributed by atoms with van der Waals surface area (Å²) in [5.74, 6) is -1.18. The van der Waals surface area contributed by atoms with Gasteiger partial charge in [-0.3, -0.25) is 9.59 Å². The van der Waals surface area contributed by atoms with Crippen molar-refractivity contribution in [3.63, 3.8) is 0 Å². The summed E-state index contributed by atoms with van der Waals surface area (Å²) in [6, 6.07) is 12.0. The third-order valence-electron chi connectivity index (χ3n) is 7.55. The van der Waals surface area contributed by atoms with Gasteiger partial charge in [0.1, 0.15) is 5.41 Å². The van der Waals surface area contributed by atoms with Gasteiger partial charge in [-0.05, 0) is 60.1 Å². The van der Waals surface area contributed by atoms with Crippen molar-refractivity contribution in [1.82, 2.24) is 5.32 Å². The lowest BCUT2D eigenvalue weighted by atomic mass is 9.57. The van der Waals surface area contributed by atoms with Gasteiger partial charge < -0.3 is 10.4 Å². The first-order chi connectivity index (χ1) is 15.2. The van der Waals surface area contributed by atoms with Gasteiger partial charge in [-0.15, -0.1) is 0 Å². The van der Waals surface area contributed by atoms with Gasteiger partial charge in [0.05, 0.1) is 11.7 Å². The van der Waals surface area contributed by atoms with Gasteiger partial charge in [-0.1, -0.05) is 52.7 Å². The zero-order valence-electron chi connectivity index (χ0n) is 17.4. The number of piperidine rings is 1. The van der Waals surface area contributed by atoms with E-state index in [-0.39, 0.29) is 17.7 Å². The van der Waals surface area contributed by atoms with Crippen LogP contribution < -0.4 is 10.2 Å². The molecule has 0 bridgehead atoms. The van der Waals surface area contributed by atoms with Crippen LogP contribution in [0.1, 0.15) is 49.7 Å². The summed E-state index contributed by atoms with van der Waals surface area (Å²) in [4.78, 5) is 40.3. The average Bonchev–Trinajstić information content (AvgIpc) is 3.50. The number of anilines is 1. The molecule has 166 valence electrons. The minimum Gasteiger partial charge on any atom is -0.464 e. The summed E-state index contributed by atoms with van der Waals surface area (Å²) < 4.78 is 0.680. The van der Waals surface area contributed by atoms with Crippen LogP contribution in [0.2, 0.25) is 5.02 Å². The zero-order valence-corrected chi connectivity index (χ0v) is 19.7. The molecule has 3 atom stereocenters. The van der Waals surface area contributed by atoms with Gasteiger partial charge in [0.25, 0.3) is 0 Å². The molecule has 3 aliphatic rings. The summed E-state index contributed by atoms with van der Waals surface area (Å²) in [6.45, 7) is 2.06. The van der Waals surface area contributed by atoms with E-state index in [0.717, 1.165) is 29.7 Å². The van der Waals surface area contributed by atoms with Crippen LogP contribution in [0, 0.1) is 5.41 Å². The molecule has 2 heterocycles. The molecular weight excluding hydrogens is 496 g/mol. The van der Waals surface area contributed by atoms with Crippen LogP contribution in [0.5, 0.6) is 0 Å². The Morgan fingerprint density at radius 1 is 1.25 bits per heavy atom. The fraction of sp³-hybridized carbons (Fsp3) is 0.375. The number of benzene rings is 2. The Kier molecular flexibility index (Phi) is 4.91. The molecule has 3 amide bonds. The highest BCUT2D eigenvalue weighted by atomic mass is 79.9. The highest BCUT2D eigenvalue weighted by Crippen LogP contribution is 2.64. The normalized spacial score (nSPS) is 27.9. The second-order valence-electron chi connectivity index (χ2n) is 8.98. The van der Waals surface area contributed by atoms with Gasteiger partial charge in [0.2, 0.25) is 11.8 Å². The molecule has 1 aliphatic carbocycles. The maximum atomic E-state index is 14.2. The monoisotopic (exact) mass is 516 g/mol. The second kappa shape index (κ2) is 7.32. The van der Waals surface area contributed by atoms with E-state index >= 15 is 0 Å². The average molecular weight is 518 g/mol. The highest BCUT2D eigenvalue weighted by molar-refractivity contribution is 9.10. The van der Waals surface area contributed by atoms with E-state index in [4.69, 9.17) is 11.6 Å². The number of rotatable bonds is 3. The van der Waals surface area contributed by atoms with Gasteiger partial charge in [0, 0.05) is 21.8 Å². The van der Waals surface area contributed by atoms with Gasteiger partial charge in [-0.25, -0.2) is 9.69 Å². The fourth-order valence-electron chi connectivity index (χ4n) is 5.88. The van der Waals surface area contributed by atoms with Crippen molar-refractivity contribution >= 4 is 51.1 Å². The third kappa shape index (κ3) is 2.87. The number of hydrogen-bond acceptors (Lipinski definition) is 3. The molecule has 2 N–H and O–H groups in total. The van der Waals surface area contributed by atoms with E-state index in [2.05, 4.69) is 28.2 Å². The standard InChI is InChI=1S/C24H22BrClN2O4/c1-2-23(8-9-23)20-24(17(12-19(29)27-20)13-4-3-5-15(26)10-13)16-7-6-14(25)11-18(16)28(21(24)30)22(31)32/h3-7,10-11,17,20H,2,8-9,12H2,1H3,(H,27,29)(H,31,32)/t17-,20+,24-/m0/s1. The number of hydrogen-bond donors (Lipinski definition) is 2. The molecule has 6 nitrogen and oxygen atoms in total. The van der Waals surface area contributed by atoms with Crippen LogP contribution in [0.15, 0.2) is 46.9 Å². The summed E-state index contributed by atoms with van der Waals surface area (Å²) in [7, 11) is 0. The smallest absolute Gasteiger partial charge is 0.418 e. The van der Waals surface area contributed by atoms with Crippen molar-refractivity contribution in [3.8, 4) is 0 Å². The Bertz CT molecular complexity index is 1160. The summed E-state index contributed by atoms with van der Waals surface area (Å²) in [6.07, 6.45) is 1.29. The van der Waals surface area contributed by atoms with Crippen molar-refractivity contribution in [3.05, 3.63) is 63.1 Å². The lowest BCUT2D eigenvalue weighted by Crippen LogP contribution is -2.66. The molecular formula is C24H22BrClN2O4. The van der Waals surface area contributed by atoms with E-state index in [0.29, 0.717) is 20.7 Å². The largest absolute Gasteiger partial charge is 0.464 e. The number of nitrogens with zero attached hydrogens (tertiary/aromatic N) is 1. The Morgan fingerprint density at radius 3 is 2.62 bits per heavy atom. The molecule has 1 saturated carbocycles. The lowest BCUT2D eigenvalue weighted by molar-refractivity contribution is -0.134. The molecule has 2 aromatic rings. The van der Waals surface area contributed by atoms with E-state index in [1.807, 2.05) is 18.2 Å². The van der Waals surface area contributed by atoms with Gasteiger partial charge in [-0.2, -0.15) is 0 Å². The Balaban J connectivity index is 1.84. The van der Waals surface area contributed by atoms with Crippen LogP contribution in [0.3, 0.4) is 0 Å². The van der Waals surface area contributed by atoms with E-state index in [1.165, 1.54) is 0 Å². The molecule has 2 aromatic carbocycles. The van der Waals surface area contributed by atoms with Crippen LogP contribution in [-0.2, 0) is 15.0 Å². The van der Waals surface area contributed by atoms with Crippen molar-refractivity contribution in [1.29, 1.82) is 0 Å². The number of carbonyl (C=O) groups is 3. The van der Waals surface area contributed by atoms with E-state index in [9.17, 15) is 19.5 Å². The van der Waals surface area contributed by atoms with Crippen LogP contribution in [0.4, 0.5) is 10.5 Å². The Morgan fingerprint density at radius 2 is 2.00 bits per heavy atom. The third-order valence-corrected chi connectivity index (χ3v) is 8.28. The van der Waals surface area contributed by atoms with Gasteiger partial charge >= 0.3 is 6.09 Å². The second-order valence-corrected chi connectivity index (χ2v) is 10.3. The number of carbonyl (C=O) groups excluding carboxylic acids is 2. The number of halogens is 2. The number of imide groups is 1. The van der Waals surface area contributed by atoms with Crippen molar-refractivity contribution in [2.75, 3.05) is 4.90 Å². The van der Waals surface area contributed by atoms with Gasteiger partial charge in [0.15, 0.2) is 0 Å². The van der Waals surface area contributed by atoms with Crippen molar-refractivity contribution in [2.24, 2.45) is 5.41 Å². The molecule has 8 heteroatoms. The molecule has 32 heavy (non-hydrogen) atoms. The first-order valence-corrected chi connectivity index (χ1v) is 11.8. The first-order valence-electron chi connectivity index (χ1n) is 10.7. The molecule has 1 saturated heterocycles. The van der Waals surface area contributed by atoms with Crippen LogP contribution in [0.25, 0.3) is 0 Å². The Labute approximate surface area is 199 Å². The zero-order chi connectivity index (χ0) is 22.8. The molecule has 0 aromatic heterocycles. The molecule has 0 radical (unpaired) electrons. The number of carboxylic acid groups (broad SMARTS) is 1. The van der Waals surface area contributed by atoms with Crippen LogP contribution >= 0.6 is 27.5 Å². The minimum atomic E-state index is -1.33. The number of amides is 3. The maximum absolute atomic E-state index is 14.2. The maximum Gasteiger partial charge on any atom is 0.418 e. The minimum absolute atomic E-state index is 0.0747.